The van der Waals surface area contributed by atoms with Crippen molar-refractivity contribution in [2.24, 2.45) is 0 Å². The van der Waals surface area contributed by atoms with E-state index in [0.29, 0.717) is 6.42 Å². The van der Waals surface area contributed by atoms with Gasteiger partial charge in [0.2, 0.25) is 0 Å². The molecule has 1 N–H and O–H groups in total. The van der Waals surface area contributed by atoms with Gasteiger partial charge >= 0.3 is 5.97 Å². The van der Waals surface area contributed by atoms with Crippen LogP contribution in [0.15, 0.2) is 0 Å². The average molecular weight is 343 g/mol. The molecule has 0 heterocycles. The van der Waals surface area contributed by atoms with Crippen molar-refractivity contribution in [2.75, 3.05) is 0 Å². The average Bonchev–Trinajstić information content (AvgIpc) is 2.51. The van der Waals surface area contributed by atoms with E-state index in [9.17, 15) is 9.90 Å². The zero-order valence-corrected chi connectivity index (χ0v) is 16.5. The third-order valence-corrected chi connectivity index (χ3v) is 4.41. The molecule has 0 aliphatic carbocycles. The van der Waals surface area contributed by atoms with E-state index < -0.39 is 6.10 Å². The first-order chi connectivity index (χ1) is 11.6. The molecular weight excluding hydrogens is 300 g/mol. The van der Waals surface area contributed by atoms with Crippen LogP contribution < -0.4 is 0 Å². The van der Waals surface area contributed by atoms with Crippen LogP contribution >= 0.6 is 0 Å². The van der Waals surface area contributed by atoms with Gasteiger partial charge in [-0.1, -0.05) is 90.4 Å². The van der Waals surface area contributed by atoms with Crippen molar-refractivity contribution in [2.45, 2.75) is 129 Å². The lowest BCUT2D eigenvalue weighted by Crippen LogP contribution is -2.18. The molecule has 0 bridgehead atoms. The molecule has 0 fully saturated rings. The van der Waals surface area contributed by atoms with Crippen molar-refractivity contribution in [1.29, 1.82) is 0 Å². The highest BCUT2D eigenvalue weighted by molar-refractivity contribution is 5.70. The van der Waals surface area contributed by atoms with Crippen LogP contribution in [0.3, 0.4) is 0 Å². The quantitative estimate of drug-likeness (QED) is 0.254. The molecule has 3 nitrogen and oxygen atoms in total. The van der Waals surface area contributed by atoms with Gasteiger partial charge in [0.25, 0.3) is 0 Å². The summed E-state index contributed by atoms with van der Waals surface area (Å²) in [5, 5.41) is 9.81. The maximum atomic E-state index is 11.4. The minimum absolute atomic E-state index is 0.0963. The molecule has 0 aromatic rings. The van der Waals surface area contributed by atoms with Crippen LogP contribution in [0.25, 0.3) is 0 Å². The molecule has 0 aliphatic rings. The van der Waals surface area contributed by atoms with Gasteiger partial charge in [0.15, 0.2) is 0 Å². The Morgan fingerprint density at radius 2 is 1.21 bits per heavy atom. The molecule has 0 radical (unpaired) electrons. The number of ether oxygens (including phenoxy) is 1. The van der Waals surface area contributed by atoms with Gasteiger partial charge < -0.3 is 9.84 Å². The molecule has 0 aromatic heterocycles. The number of carbonyl (C=O) groups is 1. The zero-order valence-electron chi connectivity index (χ0n) is 16.5. The normalized spacial score (nSPS) is 12.5. The Morgan fingerprint density at radius 3 is 1.62 bits per heavy atom. The molecule has 0 amide bonds. The Hall–Kier alpha value is -0.570. The summed E-state index contributed by atoms with van der Waals surface area (Å²) < 4.78 is 5.04. The van der Waals surface area contributed by atoms with Gasteiger partial charge in [0.1, 0.15) is 0 Å². The first-order valence-electron chi connectivity index (χ1n) is 10.4. The van der Waals surface area contributed by atoms with Crippen molar-refractivity contribution >= 4 is 5.97 Å². The van der Waals surface area contributed by atoms with E-state index in [1.165, 1.54) is 70.6 Å². The lowest BCUT2D eigenvalue weighted by atomic mass is 10.0. The van der Waals surface area contributed by atoms with Gasteiger partial charge in [-0.25, -0.2) is 0 Å². The first-order valence-corrected chi connectivity index (χ1v) is 10.4. The molecule has 0 saturated heterocycles. The second kappa shape index (κ2) is 17.3. The highest BCUT2D eigenvalue weighted by atomic mass is 16.5. The molecule has 1 atom stereocenters. The summed E-state index contributed by atoms with van der Waals surface area (Å²) >= 11 is 0. The number of hydrogen-bond acceptors (Lipinski definition) is 3. The molecule has 0 aliphatic heterocycles. The standard InChI is InChI=1S/C21H42O3/c1-4-5-6-7-8-9-10-11-12-13-14-15-16-17-20(22)18-21(23)24-19(2)3/h19-20,22H,4-18H2,1-3H3. The molecular formula is C21H42O3. The first kappa shape index (κ1) is 23.4. The summed E-state index contributed by atoms with van der Waals surface area (Å²) in [5.41, 5.74) is 0. The van der Waals surface area contributed by atoms with E-state index in [4.69, 9.17) is 4.74 Å². The summed E-state index contributed by atoms with van der Waals surface area (Å²) in [4.78, 5) is 11.4. The van der Waals surface area contributed by atoms with Gasteiger partial charge in [-0.2, -0.15) is 0 Å². The van der Waals surface area contributed by atoms with E-state index in [2.05, 4.69) is 6.92 Å². The zero-order chi connectivity index (χ0) is 18.0. The smallest absolute Gasteiger partial charge is 0.308 e. The number of esters is 1. The number of aliphatic hydroxyl groups is 1. The molecule has 24 heavy (non-hydrogen) atoms. The topological polar surface area (TPSA) is 46.5 Å². The number of rotatable bonds is 17. The van der Waals surface area contributed by atoms with E-state index >= 15 is 0 Å². The number of hydrogen-bond donors (Lipinski definition) is 1. The fraction of sp³-hybridized carbons (Fsp3) is 0.952. The maximum Gasteiger partial charge on any atom is 0.308 e. The molecule has 3 heteroatoms. The van der Waals surface area contributed by atoms with E-state index in [-0.39, 0.29) is 18.5 Å². The van der Waals surface area contributed by atoms with Gasteiger partial charge in [0.05, 0.1) is 18.6 Å². The second-order valence-corrected chi connectivity index (χ2v) is 7.43. The summed E-state index contributed by atoms with van der Waals surface area (Å²) in [6, 6.07) is 0. The van der Waals surface area contributed by atoms with Crippen LogP contribution in [0.5, 0.6) is 0 Å². The fourth-order valence-corrected chi connectivity index (χ4v) is 3.00. The largest absolute Gasteiger partial charge is 0.463 e. The third kappa shape index (κ3) is 17.8. The Bertz CT molecular complexity index is 276. The van der Waals surface area contributed by atoms with Crippen LogP contribution in [0.2, 0.25) is 0 Å². The van der Waals surface area contributed by atoms with Crippen LogP contribution in [0, 0.1) is 0 Å². The van der Waals surface area contributed by atoms with Gasteiger partial charge in [-0.3, -0.25) is 4.79 Å². The minimum atomic E-state index is -0.538. The Labute approximate surface area is 150 Å². The van der Waals surface area contributed by atoms with E-state index in [1.54, 1.807) is 0 Å². The van der Waals surface area contributed by atoms with Crippen molar-refractivity contribution in [3.8, 4) is 0 Å². The molecule has 0 aromatic carbocycles. The monoisotopic (exact) mass is 342 g/mol. The second-order valence-electron chi connectivity index (χ2n) is 7.43. The minimum Gasteiger partial charge on any atom is -0.463 e. The van der Waals surface area contributed by atoms with Gasteiger partial charge in [-0.15, -0.1) is 0 Å². The number of unbranched alkanes of at least 4 members (excludes halogenated alkanes) is 12. The van der Waals surface area contributed by atoms with Crippen molar-refractivity contribution < 1.29 is 14.6 Å². The number of aliphatic hydroxyl groups excluding tert-OH is 1. The SMILES string of the molecule is CCCCCCCCCCCCCCCC(O)CC(=O)OC(C)C. The summed E-state index contributed by atoms with van der Waals surface area (Å²) in [6.07, 6.45) is 17.4. The Balaban J connectivity index is 3.23. The summed E-state index contributed by atoms with van der Waals surface area (Å²) in [5.74, 6) is -0.285. The van der Waals surface area contributed by atoms with Crippen LogP contribution in [0.1, 0.15) is 117 Å². The predicted molar refractivity (Wildman–Crippen MR) is 102 cm³/mol. The molecule has 0 saturated carbocycles. The Morgan fingerprint density at radius 1 is 0.792 bits per heavy atom. The van der Waals surface area contributed by atoms with Crippen LogP contribution in [-0.2, 0) is 9.53 Å². The number of carbonyl (C=O) groups excluding carboxylic acids is 1. The Kier molecular flexibility index (Phi) is 16.8. The third-order valence-electron chi connectivity index (χ3n) is 4.41. The fourth-order valence-electron chi connectivity index (χ4n) is 3.00. The summed E-state index contributed by atoms with van der Waals surface area (Å²) in [7, 11) is 0. The van der Waals surface area contributed by atoms with Crippen LogP contribution in [-0.4, -0.2) is 23.3 Å². The van der Waals surface area contributed by atoms with Gasteiger partial charge in [-0.05, 0) is 20.3 Å². The highest BCUT2D eigenvalue weighted by Crippen LogP contribution is 2.14. The lowest BCUT2D eigenvalue weighted by molar-refractivity contribution is -0.149. The molecule has 0 rings (SSSR count). The van der Waals surface area contributed by atoms with Crippen molar-refractivity contribution in [3.05, 3.63) is 0 Å². The predicted octanol–water partition coefficient (Wildman–Crippen LogP) is 6.17. The van der Waals surface area contributed by atoms with E-state index in [0.717, 1.165) is 12.8 Å². The van der Waals surface area contributed by atoms with Crippen LogP contribution in [0.4, 0.5) is 0 Å². The lowest BCUT2D eigenvalue weighted by Gasteiger charge is -2.12. The van der Waals surface area contributed by atoms with Gasteiger partial charge in [0, 0.05) is 0 Å². The molecule has 0 spiro atoms. The molecule has 1 unspecified atom stereocenters. The van der Waals surface area contributed by atoms with Crippen molar-refractivity contribution in [3.63, 3.8) is 0 Å². The molecule has 144 valence electrons. The van der Waals surface area contributed by atoms with E-state index in [1.807, 2.05) is 13.8 Å². The summed E-state index contributed by atoms with van der Waals surface area (Å²) in [6.45, 7) is 5.93. The van der Waals surface area contributed by atoms with Crippen molar-refractivity contribution in [1.82, 2.24) is 0 Å². The highest BCUT2D eigenvalue weighted by Gasteiger charge is 2.12. The maximum absolute atomic E-state index is 11.4.